The molecule has 5 nitrogen and oxygen atoms in total. The van der Waals surface area contributed by atoms with Crippen molar-refractivity contribution < 1.29 is 14.6 Å². The van der Waals surface area contributed by atoms with Crippen molar-refractivity contribution in [3.8, 4) is 0 Å². The van der Waals surface area contributed by atoms with Crippen LogP contribution in [-0.4, -0.2) is 43.9 Å². The van der Waals surface area contributed by atoms with E-state index in [1.54, 1.807) is 6.07 Å². The Morgan fingerprint density at radius 3 is 2.48 bits per heavy atom. The molecule has 5 rings (SSSR count). The van der Waals surface area contributed by atoms with Crippen molar-refractivity contribution >= 4 is 17.5 Å². The molecule has 4 saturated carbocycles. The zero-order chi connectivity index (χ0) is 20.3. The summed E-state index contributed by atoms with van der Waals surface area (Å²) in [6.07, 6.45) is 8.09. The lowest BCUT2D eigenvalue weighted by Gasteiger charge is -2.56. The van der Waals surface area contributed by atoms with Gasteiger partial charge in [-0.3, -0.25) is 4.79 Å². The highest BCUT2D eigenvalue weighted by atomic mass is 35.5. The minimum absolute atomic E-state index is 0.0720. The molecule has 1 aromatic carbocycles. The number of benzene rings is 1. The van der Waals surface area contributed by atoms with Crippen LogP contribution in [-0.2, 0) is 11.3 Å². The Kier molecular flexibility index (Phi) is 6.80. The van der Waals surface area contributed by atoms with Gasteiger partial charge in [0.1, 0.15) is 0 Å². The second-order valence-corrected chi connectivity index (χ2v) is 9.85. The van der Waals surface area contributed by atoms with E-state index in [-0.39, 0.29) is 12.5 Å². The molecule has 0 aliphatic heterocycles. The summed E-state index contributed by atoms with van der Waals surface area (Å²) < 4.78 is 5.65. The van der Waals surface area contributed by atoms with Crippen molar-refractivity contribution in [3.05, 3.63) is 34.3 Å². The van der Waals surface area contributed by atoms with Gasteiger partial charge in [0.2, 0.25) is 0 Å². The third kappa shape index (κ3) is 5.13. The van der Waals surface area contributed by atoms with E-state index in [2.05, 4.69) is 10.6 Å². The minimum Gasteiger partial charge on any atom is -0.395 e. The summed E-state index contributed by atoms with van der Waals surface area (Å²) in [6.45, 7) is 3.15. The maximum absolute atomic E-state index is 12.9. The predicted octanol–water partition coefficient (Wildman–Crippen LogP) is 3.38. The van der Waals surface area contributed by atoms with Crippen molar-refractivity contribution in [3.63, 3.8) is 0 Å². The van der Waals surface area contributed by atoms with E-state index < -0.39 is 0 Å². The van der Waals surface area contributed by atoms with Crippen LogP contribution in [0.3, 0.4) is 0 Å². The fourth-order valence-corrected chi connectivity index (χ4v) is 6.45. The maximum atomic E-state index is 12.9. The zero-order valence-electron chi connectivity index (χ0n) is 17.1. The van der Waals surface area contributed by atoms with E-state index in [0.29, 0.717) is 42.3 Å². The molecule has 0 heterocycles. The number of ether oxygens (including phenoxy) is 1. The van der Waals surface area contributed by atoms with Gasteiger partial charge < -0.3 is 20.5 Å². The Balaban J connectivity index is 1.30. The maximum Gasteiger partial charge on any atom is 0.252 e. The molecule has 1 amide bonds. The Hall–Kier alpha value is -1.14. The first kappa shape index (κ1) is 21.1. The Morgan fingerprint density at radius 1 is 1.14 bits per heavy atom. The average molecular weight is 421 g/mol. The fourth-order valence-electron chi connectivity index (χ4n) is 6.24. The molecule has 0 aromatic heterocycles. The monoisotopic (exact) mass is 420 g/mol. The van der Waals surface area contributed by atoms with Crippen molar-refractivity contribution in [2.24, 2.45) is 23.2 Å². The van der Waals surface area contributed by atoms with Gasteiger partial charge in [-0.2, -0.15) is 0 Å². The van der Waals surface area contributed by atoms with Crippen LogP contribution in [0.15, 0.2) is 18.2 Å². The summed E-state index contributed by atoms with van der Waals surface area (Å²) in [5.41, 5.74) is 1.80. The van der Waals surface area contributed by atoms with Crippen molar-refractivity contribution in [2.75, 3.05) is 32.8 Å². The van der Waals surface area contributed by atoms with Crippen molar-refractivity contribution in [2.45, 2.75) is 45.1 Å². The SMILES string of the molecule is O=C(NCC12CC3CC(CC(C3)C1)C2)c1cc(COCCNCCO)ccc1Cl. The van der Waals surface area contributed by atoms with E-state index in [9.17, 15) is 4.79 Å². The highest BCUT2D eigenvalue weighted by Crippen LogP contribution is 2.59. The summed E-state index contributed by atoms with van der Waals surface area (Å²) in [7, 11) is 0. The van der Waals surface area contributed by atoms with Gasteiger partial charge in [0, 0.05) is 19.6 Å². The van der Waals surface area contributed by atoms with Gasteiger partial charge in [0.05, 0.1) is 30.4 Å². The number of amides is 1. The van der Waals surface area contributed by atoms with Crippen LogP contribution in [0.1, 0.15) is 54.4 Å². The zero-order valence-corrected chi connectivity index (χ0v) is 17.8. The predicted molar refractivity (Wildman–Crippen MR) is 114 cm³/mol. The average Bonchev–Trinajstić information content (AvgIpc) is 2.69. The largest absolute Gasteiger partial charge is 0.395 e. The van der Waals surface area contributed by atoms with E-state index in [4.69, 9.17) is 21.4 Å². The summed E-state index contributed by atoms with van der Waals surface area (Å²) in [4.78, 5) is 12.9. The Labute approximate surface area is 178 Å². The molecule has 0 unspecified atom stereocenters. The number of hydrogen-bond donors (Lipinski definition) is 3. The van der Waals surface area contributed by atoms with Gasteiger partial charge in [0.15, 0.2) is 0 Å². The second kappa shape index (κ2) is 9.34. The van der Waals surface area contributed by atoms with E-state index in [0.717, 1.165) is 29.9 Å². The van der Waals surface area contributed by atoms with Crippen LogP contribution in [0.4, 0.5) is 0 Å². The molecular formula is C23H33ClN2O3. The van der Waals surface area contributed by atoms with Crippen LogP contribution < -0.4 is 10.6 Å². The number of carbonyl (C=O) groups is 1. The van der Waals surface area contributed by atoms with Gasteiger partial charge in [-0.25, -0.2) is 0 Å². The van der Waals surface area contributed by atoms with Gasteiger partial charge in [-0.1, -0.05) is 17.7 Å². The van der Waals surface area contributed by atoms with Crippen LogP contribution in [0.2, 0.25) is 5.02 Å². The number of hydrogen-bond acceptors (Lipinski definition) is 4. The van der Waals surface area contributed by atoms with Gasteiger partial charge in [0.25, 0.3) is 5.91 Å². The smallest absolute Gasteiger partial charge is 0.252 e. The van der Waals surface area contributed by atoms with Crippen molar-refractivity contribution in [1.82, 2.24) is 10.6 Å². The molecule has 0 saturated heterocycles. The number of aliphatic hydroxyl groups excluding tert-OH is 1. The summed E-state index contributed by atoms with van der Waals surface area (Å²) in [5, 5.41) is 15.5. The highest BCUT2D eigenvalue weighted by Gasteiger charge is 2.50. The molecule has 4 aliphatic rings. The molecule has 0 spiro atoms. The lowest BCUT2D eigenvalue weighted by atomic mass is 9.49. The van der Waals surface area contributed by atoms with Crippen LogP contribution in [0, 0.1) is 23.2 Å². The Bertz CT molecular complexity index is 689. The first-order valence-corrected chi connectivity index (χ1v) is 11.4. The van der Waals surface area contributed by atoms with Crippen LogP contribution in [0.25, 0.3) is 0 Å². The van der Waals surface area contributed by atoms with E-state index in [1.165, 1.54) is 38.5 Å². The van der Waals surface area contributed by atoms with E-state index in [1.807, 2.05) is 12.1 Å². The number of nitrogens with one attached hydrogen (secondary N) is 2. The number of carbonyl (C=O) groups excluding carboxylic acids is 1. The molecule has 0 radical (unpaired) electrons. The summed E-state index contributed by atoms with van der Waals surface area (Å²) >= 11 is 6.33. The molecule has 4 aliphatic carbocycles. The van der Waals surface area contributed by atoms with Crippen molar-refractivity contribution in [1.29, 1.82) is 0 Å². The first-order chi connectivity index (χ1) is 14.1. The van der Waals surface area contributed by atoms with Crippen LogP contribution >= 0.6 is 11.6 Å². The minimum atomic E-state index is -0.0720. The fraction of sp³-hybridized carbons (Fsp3) is 0.696. The molecule has 29 heavy (non-hydrogen) atoms. The first-order valence-electron chi connectivity index (χ1n) is 11.0. The van der Waals surface area contributed by atoms with E-state index >= 15 is 0 Å². The molecule has 1 aromatic rings. The number of halogens is 1. The standard InChI is InChI=1S/C23H33ClN2O3/c24-21-2-1-16(14-29-6-4-25-3-5-27)10-20(21)22(28)26-15-23-11-17-7-18(12-23)9-19(8-17)13-23/h1-2,10,17-19,25,27H,3-9,11-15H2,(H,26,28). The molecule has 4 bridgehead atoms. The summed E-state index contributed by atoms with van der Waals surface area (Å²) in [6, 6.07) is 5.53. The highest BCUT2D eigenvalue weighted by molar-refractivity contribution is 6.33. The molecule has 4 fully saturated rings. The second-order valence-electron chi connectivity index (χ2n) is 9.44. The Morgan fingerprint density at radius 2 is 1.83 bits per heavy atom. The molecule has 3 N–H and O–H groups in total. The third-order valence-electron chi connectivity index (χ3n) is 7.04. The van der Waals surface area contributed by atoms with Gasteiger partial charge in [-0.15, -0.1) is 0 Å². The molecule has 0 atom stereocenters. The quantitative estimate of drug-likeness (QED) is 0.507. The normalized spacial score (nSPS) is 29.9. The van der Waals surface area contributed by atoms with Crippen LogP contribution in [0.5, 0.6) is 0 Å². The number of rotatable bonds is 10. The third-order valence-corrected chi connectivity index (χ3v) is 7.37. The molecule has 160 valence electrons. The van der Waals surface area contributed by atoms with Gasteiger partial charge >= 0.3 is 0 Å². The molecule has 6 heteroatoms. The van der Waals surface area contributed by atoms with Gasteiger partial charge in [-0.05, 0) is 79.4 Å². The lowest BCUT2D eigenvalue weighted by molar-refractivity contribution is -0.0503. The topological polar surface area (TPSA) is 70.6 Å². The number of aliphatic hydroxyl groups is 1. The summed E-state index contributed by atoms with van der Waals surface area (Å²) in [5.74, 6) is 2.58. The molecular weight excluding hydrogens is 388 g/mol. The lowest BCUT2D eigenvalue weighted by Crippen LogP contribution is -2.51.